The summed E-state index contributed by atoms with van der Waals surface area (Å²) in [5.41, 5.74) is 1.49. The molecule has 0 aliphatic carbocycles. The Morgan fingerprint density at radius 2 is 1.17 bits per heavy atom. The van der Waals surface area contributed by atoms with Crippen LogP contribution in [-0.4, -0.2) is 45.2 Å². The summed E-state index contributed by atoms with van der Waals surface area (Å²) in [6.45, 7) is -0.984. The average Bonchev–Trinajstić information content (AvgIpc) is 2.78. The van der Waals surface area contributed by atoms with Crippen molar-refractivity contribution in [2.75, 3.05) is 27.4 Å². The largest absolute Gasteiger partial charge is 0.497 e. The molecule has 0 fully saturated rings. The third-order valence-electron chi connectivity index (χ3n) is 3.76. The molecule has 0 spiro atoms. The number of hydrogen-bond acceptors (Lipinski definition) is 7. The van der Waals surface area contributed by atoms with Gasteiger partial charge in [0.1, 0.15) is 11.5 Å². The maximum Gasteiger partial charge on any atom is 0.331 e. The predicted molar refractivity (Wildman–Crippen MR) is 111 cm³/mol. The van der Waals surface area contributed by atoms with E-state index in [4.69, 9.17) is 18.9 Å². The number of rotatable bonds is 10. The Morgan fingerprint density at radius 1 is 0.733 bits per heavy atom. The topological polar surface area (TPSA) is 88.1 Å². The second-order valence-electron chi connectivity index (χ2n) is 5.97. The molecule has 0 atom stereocenters. The highest BCUT2D eigenvalue weighted by molar-refractivity contribution is 5.92. The SMILES string of the molecule is COc1cccc(/C=C/C(=O)OCC(=O)COC(=O)/C=C/c2cccc(OC)c2)c1. The number of carbonyl (C=O) groups is 3. The van der Waals surface area contributed by atoms with E-state index >= 15 is 0 Å². The lowest BCUT2D eigenvalue weighted by atomic mass is 10.2. The minimum absolute atomic E-state index is 0.492. The minimum atomic E-state index is -0.685. The highest BCUT2D eigenvalue weighted by Crippen LogP contribution is 2.14. The monoisotopic (exact) mass is 410 g/mol. The number of carbonyl (C=O) groups excluding carboxylic acids is 3. The summed E-state index contributed by atoms with van der Waals surface area (Å²) in [6.07, 6.45) is 5.48. The summed E-state index contributed by atoms with van der Waals surface area (Å²) < 4.78 is 19.9. The van der Waals surface area contributed by atoms with E-state index in [-0.39, 0.29) is 0 Å². The van der Waals surface area contributed by atoms with Crippen molar-refractivity contribution in [1.29, 1.82) is 0 Å². The van der Waals surface area contributed by atoms with Gasteiger partial charge in [-0.05, 0) is 47.5 Å². The molecular weight excluding hydrogens is 388 g/mol. The normalized spacial score (nSPS) is 10.7. The van der Waals surface area contributed by atoms with Gasteiger partial charge in [-0.25, -0.2) is 9.59 Å². The maximum absolute atomic E-state index is 11.7. The van der Waals surface area contributed by atoms with Crippen LogP contribution in [0.4, 0.5) is 0 Å². The lowest BCUT2D eigenvalue weighted by Gasteiger charge is -2.03. The number of hydrogen-bond donors (Lipinski definition) is 0. The molecule has 0 saturated heterocycles. The second-order valence-corrected chi connectivity index (χ2v) is 5.97. The number of methoxy groups -OCH3 is 2. The summed E-state index contributed by atoms with van der Waals surface area (Å²) in [5, 5.41) is 0. The first kappa shape index (κ1) is 22.4. The average molecular weight is 410 g/mol. The van der Waals surface area contributed by atoms with Gasteiger partial charge in [-0.3, -0.25) is 4.79 Å². The third-order valence-corrected chi connectivity index (χ3v) is 3.76. The number of ketones is 1. The van der Waals surface area contributed by atoms with E-state index in [0.29, 0.717) is 11.5 Å². The van der Waals surface area contributed by atoms with Gasteiger partial charge in [0.15, 0.2) is 13.2 Å². The summed E-state index contributed by atoms with van der Waals surface area (Å²) in [4.78, 5) is 35.1. The van der Waals surface area contributed by atoms with Gasteiger partial charge >= 0.3 is 11.9 Å². The number of ether oxygens (including phenoxy) is 4. The van der Waals surface area contributed by atoms with Crippen molar-refractivity contribution in [3.63, 3.8) is 0 Å². The first-order valence-electron chi connectivity index (χ1n) is 8.99. The van der Waals surface area contributed by atoms with Gasteiger partial charge < -0.3 is 18.9 Å². The fourth-order valence-corrected chi connectivity index (χ4v) is 2.26. The van der Waals surface area contributed by atoms with E-state index in [9.17, 15) is 14.4 Å². The first-order chi connectivity index (χ1) is 14.5. The minimum Gasteiger partial charge on any atom is -0.497 e. The molecule has 0 aliphatic heterocycles. The van der Waals surface area contributed by atoms with Crippen LogP contribution in [0.3, 0.4) is 0 Å². The van der Waals surface area contributed by atoms with Crippen LogP contribution in [0, 0.1) is 0 Å². The molecule has 0 radical (unpaired) electrons. The van der Waals surface area contributed by atoms with E-state index < -0.39 is 30.9 Å². The maximum atomic E-state index is 11.7. The van der Waals surface area contributed by atoms with Crippen LogP contribution in [0.25, 0.3) is 12.2 Å². The van der Waals surface area contributed by atoms with Gasteiger partial charge in [-0.15, -0.1) is 0 Å². The van der Waals surface area contributed by atoms with Crippen LogP contribution in [-0.2, 0) is 23.9 Å². The molecule has 0 aromatic heterocycles. The molecule has 2 aromatic rings. The van der Waals surface area contributed by atoms with Gasteiger partial charge in [-0.1, -0.05) is 24.3 Å². The molecule has 0 heterocycles. The Labute approximate surface area is 174 Å². The van der Waals surface area contributed by atoms with E-state index in [1.807, 2.05) is 0 Å². The van der Waals surface area contributed by atoms with Gasteiger partial charge in [0.2, 0.25) is 5.78 Å². The highest BCUT2D eigenvalue weighted by atomic mass is 16.6. The van der Waals surface area contributed by atoms with Crippen molar-refractivity contribution in [3.05, 3.63) is 71.8 Å². The second kappa shape index (κ2) is 11.9. The van der Waals surface area contributed by atoms with E-state index in [1.54, 1.807) is 74.9 Å². The Kier molecular flexibility index (Phi) is 8.86. The number of Topliss-reactive ketones (excluding diaryl/α,β-unsaturated/α-hetero) is 1. The van der Waals surface area contributed by atoms with Crippen molar-refractivity contribution < 1.29 is 33.3 Å². The summed E-state index contributed by atoms with van der Waals surface area (Å²) in [5.74, 6) is -0.599. The van der Waals surface area contributed by atoms with Crippen molar-refractivity contribution in [1.82, 2.24) is 0 Å². The molecule has 0 bridgehead atoms. The lowest BCUT2D eigenvalue weighted by Crippen LogP contribution is -2.19. The molecule has 0 saturated carbocycles. The van der Waals surface area contributed by atoms with Gasteiger partial charge in [0.25, 0.3) is 0 Å². The fourth-order valence-electron chi connectivity index (χ4n) is 2.26. The zero-order valence-electron chi connectivity index (χ0n) is 16.7. The van der Waals surface area contributed by atoms with Crippen molar-refractivity contribution in [3.8, 4) is 11.5 Å². The van der Waals surface area contributed by atoms with Crippen molar-refractivity contribution in [2.45, 2.75) is 0 Å². The van der Waals surface area contributed by atoms with Crippen LogP contribution in [0.1, 0.15) is 11.1 Å². The Bertz CT molecular complexity index is 869. The summed E-state index contributed by atoms with van der Waals surface area (Å²) in [7, 11) is 3.09. The molecule has 0 unspecified atom stereocenters. The number of esters is 2. The molecule has 30 heavy (non-hydrogen) atoms. The molecular formula is C23H22O7. The predicted octanol–water partition coefficient (Wildman–Crippen LogP) is 3.09. The van der Waals surface area contributed by atoms with Crippen molar-refractivity contribution >= 4 is 29.9 Å². The quantitative estimate of drug-likeness (QED) is 0.439. The molecule has 2 rings (SSSR count). The zero-order chi connectivity index (χ0) is 21.8. The third kappa shape index (κ3) is 8.02. The molecule has 0 N–H and O–H groups in total. The van der Waals surface area contributed by atoms with E-state index in [2.05, 4.69) is 0 Å². The Morgan fingerprint density at radius 3 is 1.57 bits per heavy atom. The standard InChI is InChI=1S/C23H22O7/c1-27-20-7-3-5-17(13-20)9-11-22(25)29-15-19(24)16-30-23(26)12-10-18-6-4-8-21(14-18)28-2/h3-14H,15-16H2,1-2H3/b11-9+,12-10+. The van der Waals surface area contributed by atoms with Gasteiger partial charge in [-0.2, -0.15) is 0 Å². The first-order valence-corrected chi connectivity index (χ1v) is 8.99. The molecule has 0 amide bonds. The fraction of sp³-hybridized carbons (Fsp3) is 0.174. The number of benzene rings is 2. The molecule has 0 aliphatic rings. The van der Waals surface area contributed by atoms with Crippen LogP contribution in [0.15, 0.2) is 60.7 Å². The Hall–Kier alpha value is -3.87. The van der Waals surface area contributed by atoms with Gasteiger partial charge in [0.05, 0.1) is 14.2 Å². The van der Waals surface area contributed by atoms with Gasteiger partial charge in [0, 0.05) is 12.2 Å². The van der Waals surface area contributed by atoms with Crippen LogP contribution in [0.5, 0.6) is 11.5 Å². The smallest absolute Gasteiger partial charge is 0.331 e. The van der Waals surface area contributed by atoms with Crippen LogP contribution >= 0.6 is 0 Å². The molecule has 7 heteroatoms. The molecule has 156 valence electrons. The summed E-state index contributed by atoms with van der Waals surface area (Å²) in [6, 6.07) is 14.2. The Balaban J connectivity index is 1.72. The van der Waals surface area contributed by atoms with E-state index in [1.165, 1.54) is 12.2 Å². The molecule has 2 aromatic carbocycles. The van der Waals surface area contributed by atoms with E-state index in [0.717, 1.165) is 11.1 Å². The van der Waals surface area contributed by atoms with Crippen LogP contribution in [0.2, 0.25) is 0 Å². The van der Waals surface area contributed by atoms with Crippen LogP contribution < -0.4 is 9.47 Å². The lowest BCUT2D eigenvalue weighted by molar-refractivity contribution is -0.148. The molecule has 7 nitrogen and oxygen atoms in total. The summed E-state index contributed by atoms with van der Waals surface area (Å²) >= 11 is 0. The zero-order valence-corrected chi connectivity index (χ0v) is 16.7. The van der Waals surface area contributed by atoms with Crippen molar-refractivity contribution in [2.24, 2.45) is 0 Å². The highest BCUT2D eigenvalue weighted by Gasteiger charge is 2.08.